The highest BCUT2D eigenvalue weighted by Crippen LogP contribution is 2.30. The average molecular weight is 247 g/mol. The summed E-state index contributed by atoms with van der Waals surface area (Å²) in [6.07, 6.45) is 3.25. The lowest BCUT2D eigenvalue weighted by Crippen LogP contribution is -2.42. The summed E-state index contributed by atoms with van der Waals surface area (Å²) < 4.78 is 5.45. The molecule has 1 aliphatic rings. The maximum absolute atomic E-state index is 11.2. The number of hydrogen-bond acceptors (Lipinski definition) is 3. The van der Waals surface area contributed by atoms with Crippen LogP contribution in [0.15, 0.2) is 30.3 Å². The molecule has 1 fully saturated rings. The highest BCUT2D eigenvalue weighted by Gasteiger charge is 2.33. The number of anilines is 1. The number of benzene rings is 1. The number of carbonyl (C=O) groups excluding carboxylic acids is 1. The number of esters is 1. The van der Waals surface area contributed by atoms with Gasteiger partial charge >= 0.3 is 5.97 Å². The second kappa shape index (κ2) is 5.89. The molecule has 0 aromatic heterocycles. The van der Waals surface area contributed by atoms with Gasteiger partial charge in [0.05, 0.1) is 6.04 Å². The molecule has 18 heavy (non-hydrogen) atoms. The Morgan fingerprint density at radius 2 is 2.06 bits per heavy atom. The van der Waals surface area contributed by atoms with Crippen LogP contribution in [0.5, 0.6) is 0 Å². The second-order valence-electron chi connectivity index (χ2n) is 4.77. The Labute approximate surface area is 109 Å². The third kappa shape index (κ3) is 2.84. The van der Waals surface area contributed by atoms with E-state index in [0.29, 0.717) is 6.04 Å². The fourth-order valence-electron chi connectivity index (χ4n) is 2.84. The quantitative estimate of drug-likeness (QED) is 0.766. The molecule has 0 bridgehead atoms. The third-order valence-corrected chi connectivity index (χ3v) is 3.56. The van der Waals surface area contributed by atoms with E-state index in [2.05, 4.69) is 24.0 Å². The fourth-order valence-corrected chi connectivity index (χ4v) is 2.84. The second-order valence-corrected chi connectivity index (χ2v) is 4.77. The van der Waals surface area contributed by atoms with Gasteiger partial charge in [0, 0.05) is 19.2 Å². The number of ether oxygens (including phenoxy) is 1. The number of hydrogen-bond donors (Lipinski definition) is 0. The van der Waals surface area contributed by atoms with Crippen molar-refractivity contribution in [2.24, 2.45) is 0 Å². The number of rotatable bonds is 4. The molecule has 0 aliphatic heterocycles. The van der Waals surface area contributed by atoms with E-state index < -0.39 is 0 Å². The zero-order valence-corrected chi connectivity index (χ0v) is 11.1. The van der Waals surface area contributed by atoms with Crippen molar-refractivity contribution in [3.8, 4) is 0 Å². The smallest absolute Gasteiger partial charge is 0.302 e. The lowest BCUT2D eigenvalue weighted by atomic mass is 10.1. The van der Waals surface area contributed by atoms with Crippen molar-refractivity contribution in [1.29, 1.82) is 0 Å². The van der Waals surface area contributed by atoms with Crippen molar-refractivity contribution < 1.29 is 9.53 Å². The molecular formula is C15H21NO2. The molecule has 2 rings (SSSR count). The van der Waals surface area contributed by atoms with Crippen LogP contribution in [0.1, 0.15) is 33.1 Å². The zero-order valence-electron chi connectivity index (χ0n) is 11.1. The molecular weight excluding hydrogens is 226 g/mol. The molecule has 1 aromatic rings. The van der Waals surface area contributed by atoms with Crippen molar-refractivity contribution in [1.82, 2.24) is 0 Å². The molecule has 1 aromatic carbocycles. The third-order valence-electron chi connectivity index (χ3n) is 3.56. The SMILES string of the molecule is CCN(c1ccccc1)[C@@H]1CCC[C@H]1OC(C)=O. The predicted octanol–water partition coefficient (Wildman–Crippen LogP) is 3.00. The van der Waals surface area contributed by atoms with Gasteiger partial charge in [-0.05, 0) is 38.3 Å². The van der Waals surface area contributed by atoms with Crippen LogP contribution in [0.25, 0.3) is 0 Å². The summed E-state index contributed by atoms with van der Waals surface area (Å²) in [5.41, 5.74) is 1.21. The Morgan fingerprint density at radius 3 is 2.67 bits per heavy atom. The topological polar surface area (TPSA) is 29.5 Å². The Kier molecular flexibility index (Phi) is 4.24. The number of nitrogens with zero attached hydrogens (tertiary/aromatic N) is 1. The summed E-state index contributed by atoms with van der Waals surface area (Å²) in [6.45, 7) is 4.58. The van der Waals surface area contributed by atoms with Crippen molar-refractivity contribution >= 4 is 11.7 Å². The molecule has 0 radical (unpaired) electrons. The Balaban J connectivity index is 2.14. The molecule has 2 atom stereocenters. The summed E-state index contributed by atoms with van der Waals surface area (Å²) in [5, 5.41) is 0. The summed E-state index contributed by atoms with van der Waals surface area (Å²) >= 11 is 0. The average Bonchev–Trinajstić information content (AvgIpc) is 2.79. The van der Waals surface area contributed by atoms with Crippen LogP contribution in [0.2, 0.25) is 0 Å². The molecule has 1 aliphatic carbocycles. The first kappa shape index (κ1) is 12.9. The van der Waals surface area contributed by atoms with Gasteiger partial charge in [0.1, 0.15) is 6.10 Å². The molecule has 3 heteroatoms. The van der Waals surface area contributed by atoms with E-state index in [1.807, 2.05) is 18.2 Å². The molecule has 0 amide bonds. The monoisotopic (exact) mass is 247 g/mol. The van der Waals surface area contributed by atoms with E-state index in [4.69, 9.17) is 4.74 Å². The molecule has 0 saturated heterocycles. The van der Waals surface area contributed by atoms with E-state index in [0.717, 1.165) is 25.8 Å². The molecule has 0 spiro atoms. The van der Waals surface area contributed by atoms with E-state index in [-0.39, 0.29) is 12.1 Å². The maximum Gasteiger partial charge on any atom is 0.302 e. The van der Waals surface area contributed by atoms with Gasteiger partial charge in [-0.25, -0.2) is 0 Å². The van der Waals surface area contributed by atoms with Crippen molar-refractivity contribution in [2.45, 2.75) is 45.3 Å². The first-order chi connectivity index (χ1) is 8.72. The van der Waals surface area contributed by atoms with E-state index >= 15 is 0 Å². The highest BCUT2D eigenvalue weighted by molar-refractivity contribution is 5.66. The van der Waals surface area contributed by atoms with Gasteiger partial charge in [-0.2, -0.15) is 0 Å². The fraction of sp³-hybridized carbons (Fsp3) is 0.533. The zero-order chi connectivity index (χ0) is 13.0. The van der Waals surface area contributed by atoms with Crippen molar-refractivity contribution in [3.05, 3.63) is 30.3 Å². The Morgan fingerprint density at radius 1 is 1.33 bits per heavy atom. The van der Waals surface area contributed by atoms with Crippen molar-refractivity contribution in [3.63, 3.8) is 0 Å². The summed E-state index contributed by atoms with van der Waals surface area (Å²) in [4.78, 5) is 13.5. The van der Waals surface area contributed by atoms with Gasteiger partial charge in [0.25, 0.3) is 0 Å². The van der Waals surface area contributed by atoms with Crippen LogP contribution in [0.4, 0.5) is 5.69 Å². The molecule has 1 saturated carbocycles. The lowest BCUT2D eigenvalue weighted by Gasteiger charge is -2.33. The summed E-state index contributed by atoms with van der Waals surface area (Å²) in [7, 11) is 0. The molecule has 0 heterocycles. The van der Waals surface area contributed by atoms with E-state index in [1.165, 1.54) is 12.6 Å². The van der Waals surface area contributed by atoms with Crippen LogP contribution < -0.4 is 4.90 Å². The normalized spacial score (nSPS) is 22.8. The maximum atomic E-state index is 11.2. The first-order valence-electron chi connectivity index (χ1n) is 6.71. The summed E-state index contributed by atoms with van der Waals surface area (Å²) in [6, 6.07) is 10.7. The van der Waals surface area contributed by atoms with Gasteiger partial charge in [0.2, 0.25) is 0 Å². The molecule has 98 valence electrons. The van der Waals surface area contributed by atoms with Gasteiger partial charge in [-0.15, -0.1) is 0 Å². The molecule has 0 unspecified atom stereocenters. The van der Waals surface area contributed by atoms with E-state index in [9.17, 15) is 4.79 Å². The molecule has 0 N–H and O–H groups in total. The van der Waals surface area contributed by atoms with Crippen molar-refractivity contribution in [2.75, 3.05) is 11.4 Å². The van der Waals surface area contributed by atoms with Crippen LogP contribution in [-0.2, 0) is 9.53 Å². The largest absolute Gasteiger partial charge is 0.460 e. The predicted molar refractivity (Wildman–Crippen MR) is 72.7 cm³/mol. The number of carbonyl (C=O) groups is 1. The van der Waals surface area contributed by atoms with Crippen LogP contribution in [0.3, 0.4) is 0 Å². The van der Waals surface area contributed by atoms with Gasteiger partial charge in [-0.3, -0.25) is 4.79 Å². The van der Waals surface area contributed by atoms with Crippen LogP contribution in [-0.4, -0.2) is 24.7 Å². The Hall–Kier alpha value is -1.51. The minimum atomic E-state index is -0.170. The minimum absolute atomic E-state index is 0.0441. The summed E-state index contributed by atoms with van der Waals surface area (Å²) in [5.74, 6) is -0.170. The Bertz CT molecular complexity index is 391. The van der Waals surface area contributed by atoms with Gasteiger partial charge in [0.15, 0.2) is 0 Å². The number of para-hydroxylation sites is 1. The van der Waals surface area contributed by atoms with Crippen LogP contribution >= 0.6 is 0 Å². The van der Waals surface area contributed by atoms with Gasteiger partial charge < -0.3 is 9.64 Å². The number of likely N-dealkylation sites (N-methyl/N-ethyl adjacent to an activating group) is 1. The highest BCUT2D eigenvalue weighted by atomic mass is 16.5. The van der Waals surface area contributed by atoms with E-state index in [1.54, 1.807) is 0 Å². The van der Waals surface area contributed by atoms with Gasteiger partial charge in [-0.1, -0.05) is 18.2 Å². The minimum Gasteiger partial charge on any atom is -0.460 e. The molecule has 3 nitrogen and oxygen atoms in total. The van der Waals surface area contributed by atoms with Crippen LogP contribution in [0, 0.1) is 0 Å². The standard InChI is InChI=1S/C15H21NO2/c1-3-16(13-8-5-4-6-9-13)14-10-7-11-15(14)18-12(2)17/h4-6,8-9,14-15H,3,7,10-11H2,1-2H3/t14-,15-/m1/s1. The lowest BCUT2D eigenvalue weighted by molar-refractivity contribution is -0.146. The first-order valence-corrected chi connectivity index (χ1v) is 6.71.